The first kappa shape index (κ1) is 38.4. The molecule has 318 valence electrons. The molecule has 0 atom stereocenters. The summed E-state index contributed by atoms with van der Waals surface area (Å²) < 4.78 is 8.95. The van der Waals surface area contributed by atoms with Crippen LogP contribution in [-0.4, -0.2) is 4.57 Å². The third-order valence-corrected chi connectivity index (χ3v) is 14.4. The lowest BCUT2D eigenvalue weighted by Crippen LogP contribution is -2.28. The molecule has 2 aromatic heterocycles. The van der Waals surface area contributed by atoms with E-state index in [1.165, 1.54) is 71.5 Å². The van der Waals surface area contributed by atoms with Crippen LogP contribution >= 0.6 is 0 Å². The first-order valence-corrected chi connectivity index (χ1v) is 23.4. The molecular weight excluding hydrogens is 825 g/mol. The summed E-state index contributed by atoms with van der Waals surface area (Å²) in [6.07, 6.45) is 0. The number of fused-ring (bicyclic) bond motifs is 10. The van der Waals surface area contributed by atoms with Crippen molar-refractivity contribution in [1.29, 1.82) is 0 Å². The SMILES string of the molecule is c1ccc(C2(c3ccccc3)c3ccccc3-c3ccc(N(c4ccc(-c5ccc6c(c5)c5ccccc5n6-c5ccc6ccccc6c5)cc4)c4cccc5oc6ccccc6c45)cc32)cc1. The number of aromatic nitrogens is 1. The van der Waals surface area contributed by atoms with Crippen LogP contribution in [0.5, 0.6) is 0 Å². The van der Waals surface area contributed by atoms with E-state index in [0.29, 0.717) is 0 Å². The molecule has 13 aromatic rings. The standard InChI is InChI=1S/C65H42N2O/c1-3-18-47(19-4-1)65(48-20-5-2-6-21-48)57-25-12-9-22-52(57)53-38-37-51(42-58(53)65)66(61-27-15-29-63-64(61)55-24-11-14-28-62(55)68-63)49-34-30-44(31-35-49)46-33-39-60-56(41-46)54-23-10-13-26-59(54)67(60)50-36-32-43-16-7-8-17-45(43)40-50/h1-42H. The summed E-state index contributed by atoms with van der Waals surface area (Å²) in [6, 6.07) is 93.1. The van der Waals surface area contributed by atoms with Crippen LogP contribution in [0.1, 0.15) is 22.3 Å². The quantitative estimate of drug-likeness (QED) is 0.159. The maximum absolute atomic E-state index is 6.54. The van der Waals surface area contributed by atoms with Crippen molar-refractivity contribution in [2.75, 3.05) is 4.90 Å². The molecule has 14 rings (SSSR count). The fourth-order valence-corrected chi connectivity index (χ4v) is 11.5. The highest BCUT2D eigenvalue weighted by atomic mass is 16.3. The Balaban J connectivity index is 0.952. The first-order valence-electron chi connectivity index (χ1n) is 23.4. The Morgan fingerprint density at radius 1 is 0.368 bits per heavy atom. The summed E-state index contributed by atoms with van der Waals surface area (Å²) in [5.41, 5.74) is 17.8. The van der Waals surface area contributed by atoms with Crippen LogP contribution < -0.4 is 4.90 Å². The van der Waals surface area contributed by atoms with Gasteiger partial charge >= 0.3 is 0 Å². The van der Waals surface area contributed by atoms with Gasteiger partial charge in [-0.1, -0.05) is 182 Å². The minimum Gasteiger partial charge on any atom is -0.456 e. The van der Waals surface area contributed by atoms with Crippen LogP contribution in [-0.2, 0) is 5.41 Å². The first-order chi connectivity index (χ1) is 33.7. The molecule has 2 heterocycles. The molecule has 0 bridgehead atoms. The van der Waals surface area contributed by atoms with E-state index >= 15 is 0 Å². The largest absolute Gasteiger partial charge is 0.456 e. The van der Waals surface area contributed by atoms with Crippen molar-refractivity contribution in [3.05, 3.63) is 277 Å². The smallest absolute Gasteiger partial charge is 0.137 e. The molecule has 1 aliphatic carbocycles. The van der Waals surface area contributed by atoms with E-state index in [4.69, 9.17) is 4.42 Å². The molecule has 0 saturated heterocycles. The van der Waals surface area contributed by atoms with Gasteiger partial charge < -0.3 is 13.9 Å². The monoisotopic (exact) mass is 866 g/mol. The van der Waals surface area contributed by atoms with Gasteiger partial charge in [0.25, 0.3) is 0 Å². The van der Waals surface area contributed by atoms with Crippen LogP contribution in [0, 0.1) is 0 Å². The molecule has 0 N–H and O–H groups in total. The average molecular weight is 867 g/mol. The molecular formula is C65H42N2O. The number of hydrogen-bond acceptors (Lipinski definition) is 2. The number of para-hydroxylation sites is 2. The van der Waals surface area contributed by atoms with Crippen molar-refractivity contribution in [1.82, 2.24) is 4.57 Å². The van der Waals surface area contributed by atoms with Crippen LogP contribution in [0.4, 0.5) is 17.1 Å². The van der Waals surface area contributed by atoms with Gasteiger partial charge in [-0.3, -0.25) is 0 Å². The number of furan rings is 1. The summed E-state index contributed by atoms with van der Waals surface area (Å²) >= 11 is 0. The number of rotatable bonds is 7. The maximum Gasteiger partial charge on any atom is 0.137 e. The van der Waals surface area contributed by atoms with Crippen LogP contribution in [0.15, 0.2) is 259 Å². The predicted octanol–water partition coefficient (Wildman–Crippen LogP) is 17.3. The topological polar surface area (TPSA) is 21.3 Å². The van der Waals surface area contributed by atoms with Crippen molar-refractivity contribution >= 4 is 71.6 Å². The molecule has 0 fully saturated rings. The van der Waals surface area contributed by atoms with Gasteiger partial charge in [-0.2, -0.15) is 0 Å². The molecule has 68 heavy (non-hydrogen) atoms. The summed E-state index contributed by atoms with van der Waals surface area (Å²) in [4.78, 5) is 2.43. The lowest BCUT2D eigenvalue weighted by Gasteiger charge is -2.35. The number of anilines is 3. The van der Waals surface area contributed by atoms with E-state index in [9.17, 15) is 0 Å². The van der Waals surface area contributed by atoms with Crippen molar-refractivity contribution < 1.29 is 4.42 Å². The second-order valence-electron chi connectivity index (χ2n) is 18.0. The maximum atomic E-state index is 6.54. The number of nitrogens with zero attached hydrogens (tertiary/aromatic N) is 2. The van der Waals surface area contributed by atoms with Gasteiger partial charge in [-0.25, -0.2) is 0 Å². The molecule has 3 heteroatoms. The fourth-order valence-electron chi connectivity index (χ4n) is 11.5. The number of benzene rings is 11. The fraction of sp³-hybridized carbons (Fsp3) is 0.0154. The summed E-state index contributed by atoms with van der Waals surface area (Å²) in [7, 11) is 0. The van der Waals surface area contributed by atoms with E-state index in [1.807, 2.05) is 6.07 Å². The third-order valence-electron chi connectivity index (χ3n) is 14.4. The Morgan fingerprint density at radius 3 is 1.82 bits per heavy atom. The summed E-state index contributed by atoms with van der Waals surface area (Å²) in [5.74, 6) is 0. The van der Waals surface area contributed by atoms with Crippen molar-refractivity contribution in [2.24, 2.45) is 0 Å². The van der Waals surface area contributed by atoms with Gasteiger partial charge in [0, 0.05) is 33.2 Å². The summed E-state index contributed by atoms with van der Waals surface area (Å²) in [5, 5.41) is 7.12. The second kappa shape index (κ2) is 15.1. The summed E-state index contributed by atoms with van der Waals surface area (Å²) in [6.45, 7) is 0. The third kappa shape index (κ3) is 5.66. The van der Waals surface area contributed by atoms with E-state index in [-0.39, 0.29) is 0 Å². The number of hydrogen-bond donors (Lipinski definition) is 0. The lowest BCUT2D eigenvalue weighted by molar-refractivity contribution is 0.669. The Labute approximate surface area is 394 Å². The molecule has 1 aliphatic rings. The van der Waals surface area contributed by atoms with Gasteiger partial charge in [0.2, 0.25) is 0 Å². The zero-order chi connectivity index (χ0) is 44.8. The van der Waals surface area contributed by atoms with Crippen LogP contribution in [0.2, 0.25) is 0 Å². The molecule has 0 saturated carbocycles. The minimum atomic E-state index is -0.537. The average Bonchev–Trinajstić information content (AvgIpc) is 4.06. The molecule has 0 aliphatic heterocycles. The highest BCUT2D eigenvalue weighted by molar-refractivity contribution is 6.14. The van der Waals surface area contributed by atoms with Gasteiger partial charge in [0.05, 0.1) is 27.5 Å². The van der Waals surface area contributed by atoms with E-state index in [1.54, 1.807) is 0 Å². The van der Waals surface area contributed by atoms with Gasteiger partial charge in [-0.15, -0.1) is 0 Å². The van der Waals surface area contributed by atoms with Crippen LogP contribution in [0.25, 0.3) is 82.5 Å². The Hall–Kier alpha value is -8.92. The van der Waals surface area contributed by atoms with Crippen molar-refractivity contribution in [2.45, 2.75) is 5.41 Å². The van der Waals surface area contributed by atoms with Gasteiger partial charge in [-0.05, 0) is 128 Å². The van der Waals surface area contributed by atoms with E-state index < -0.39 is 5.41 Å². The predicted molar refractivity (Wildman–Crippen MR) is 283 cm³/mol. The lowest BCUT2D eigenvalue weighted by atomic mass is 9.67. The van der Waals surface area contributed by atoms with Gasteiger partial charge in [0.15, 0.2) is 0 Å². The molecule has 0 unspecified atom stereocenters. The molecule has 0 amide bonds. The van der Waals surface area contributed by atoms with E-state index in [2.05, 4.69) is 258 Å². The zero-order valence-electron chi connectivity index (χ0n) is 37.1. The molecule has 0 spiro atoms. The molecule has 3 nitrogen and oxygen atoms in total. The minimum absolute atomic E-state index is 0.537. The van der Waals surface area contributed by atoms with E-state index in [0.717, 1.165) is 50.3 Å². The van der Waals surface area contributed by atoms with Gasteiger partial charge in [0.1, 0.15) is 11.2 Å². The second-order valence-corrected chi connectivity index (χ2v) is 18.0. The van der Waals surface area contributed by atoms with Crippen molar-refractivity contribution in [3.63, 3.8) is 0 Å². The Morgan fingerprint density at radius 2 is 1.00 bits per heavy atom. The van der Waals surface area contributed by atoms with Crippen LogP contribution in [0.3, 0.4) is 0 Å². The Kier molecular flexibility index (Phi) is 8.50. The highest BCUT2D eigenvalue weighted by Crippen LogP contribution is 2.57. The highest BCUT2D eigenvalue weighted by Gasteiger charge is 2.46. The zero-order valence-corrected chi connectivity index (χ0v) is 37.1. The normalized spacial score (nSPS) is 12.8. The molecule has 11 aromatic carbocycles. The Bertz CT molecular complexity index is 4050. The molecule has 0 radical (unpaired) electrons. The van der Waals surface area contributed by atoms with Crippen molar-refractivity contribution in [3.8, 4) is 27.9 Å².